The highest BCUT2D eigenvalue weighted by Crippen LogP contribution is 2.34. The van der Waals surface area contributed by atoms with Gasteiger partial charge in [0.25, 0.3) is 5.91 Å². The number of benzene rings is 2. The molecule has 1 heterocycles. The monoisotopic (exact) mass is 339 g/mol. The number of anilines is 1. The van der Waals surface area contributed by atoms with E-state index in [-0.39, 0.29) is 19.2 Å². The Hall–Kier alpha value is -3.02. The third-order valence-corrected chi connectivity index (χ3v) is 3.96. The van der Waals surface area contributed by atoms with E-state index in [9.17, 15) is 4.79 Å². The molecular weight excluding hydrogens is 318 g/mol. The Morgan fingerprint density at radius 3 is 2.76 bits per heavy atom. The molecule has 0 bridgehead atoms. The van der Waals surface area contributed by atoms with Crippen LogP contribution in [-0.2, 0) is 4.79 Å². The molecule has 6 nitrogen and oxygen atoms in total. The summed E-state index contributed by atoms with van der Waals surface area (Å²) in [5, 5.41) is 7.24. The summed E-state index contributed by atoms with van der Waals surface area (Å²) in [5.74, 6) is 1.17. The van der Waals surface area contributed by atoms with Crippen molar-refractivity contribution in [3.63, 3.8) is 0 Å². The van der Waals surface area contributed by atoms with Crippen molar-refractivity contribution < 1.29 is 14.3 Å². The van der Waals surface area contributed by atoms with Gasteiger partial charge in [-0.25, -0.2) is 5.43 Å². The van der Waals surface area contributed by atoms with Gasteiger partial charge in [-0.1, -0.05) is 17.7 Å². The zero-order chi connectivity index (χ0) is 17.8. The lowest BCUT2D eigenvalue weighted by atomic mass is 10.0. The van der Waals surface area contributed by atoms with Gasteiger partial charge < -0.3 is 14.8 Å². The second-order valence-corrected chi connectivity index (χ2v) is 5.97. The largest absolute Gasteiger partial charge is 0.454 e. The molecule has 130 valence electrons. The normalized spacial score (nSPS) is 12.8. The summed E-state index contributed by atoms with van der Waals surface area (Å²) in [4.78, 5) is 12.0. The van der Waals surface area contributed by atoms with Gasteiger partial charge in [0.1, 0.15) is 0 Å². The number of hydrogen-bond acceptors (Lipinski definition) is 5. The minimum atomic E-state index is -0.220. The van der Waals surface area contributed by atoms with Gasteiger partial charge in [0.05, 0.1) is 12.3 Å². The van der Waals surface area contributed by atoms with Crippen molar-refractivity contribution in [1.29, 1.82) is 0 Å². The Bertz CT molecular complexity index is 831. The van der Waals surface area contributed by atoms with E-state index < -0.39 is 0 Å². The molecule has 0 saturated heterocycles. The fourth-order valence-corrected chi connectivity index (χ4v) is 2.56. The highest BCUT2D eigenvalue weighted by atomic mass is 16.7. The van der Waals surface area contributed by atoms with Crippen LogP contribution in [0, 0.1) is 13.8 Å². The van der Waals surface area contributed by atoms with Crippen molar-refractivity contribution in [2.75, 3.05) is 18.7 Å². The van der Waals surface area contributed by atoms with Crippen molar-refractivity contribution in [2.24, 2.45) is 5.10 Å². The molecule has 2 N–H and O–H groups in total. The molecule has 1 aliphatic rings. The number of fused-ring (bicyclic) bond motifs is 1. The first-order valence-electron chi connectivity index (χ1n) is 8.07. The minimum Gasteiger partial charge on any atom is -0.454 e. The molecule has 1 aliphatic heterocycles. The maximum atomic E-state index is 12.0. The van der Waals surface area contributed by atoms with Gasteiger partial charge in [0.2, 0.25) is 6.79 Å². The third-order valence-electron chi connectivity index (χ3n) is 3.96. The number of nitrogens with one attached hydrogen (secondary N) is 2. The Morgan fingerprint density at radius 2 is 1.92 bits per heavy atom. The van der Waals surface area contributed by atoms with E-state index in [1.807, 2.05) is 39.0 Å². The summed E-state index contributed by atoms with van der Waals surface area (Å²) in [6, 6.07) is 11.6. The van der Waals surface area contributed by atoms with Crippen molar-refractivity contribution in [1.82, 2.24) is 5.43 Å². The zero-order valence-corrected chi connectivity index (χ0v) is 14.6. The van der Waals surface area contributed by atoms with Crippen molar-refractivity contribution in [3.8, 4) is 11.5 Å². The lowest BCUT2D eigenvalue weighted by molar-refractivity contribution is -0.119. The Morgan fingerprint density at radius 1 is 1.12 bits per heavy atom. The van der Waals surface area contributed by atoms with E-state index in [1.54, 1.807) is 6.07 Å². The van der Waals surface area contributed by atoms with Crippen molar-refractivity contribution in [3.05, 3.63) is 53.1 Å². The molecule has 0 atom stereocenters. The molecule has 3 rings (SSSR count). The number of amides is 1. The summed E-state index contributed by atoms with van der Waals surface area (Å²) in [7, 11) is 0. The van der Waals surface area contributed by atoms with E-state index in [0.29, 0.717) is 11.5 Å². The molecule has 2 aromatic rings. The Labute approximate surface area is 146 Å². The number of ether oxygens (including phenoxy) is 2. The molecule has 6 heteroatoms. The smallest absolute Gasteiger partial charge is 0.259 e. The fraction of sp³-hybridized carbons (Fsp3) is 0.263. The van der Waals surface area contributed by atoms with Gasteiger partial charge in [0, 0.05) is 17.3 Å². The first-order chi connectivity index (χ1) is 12.0. The maximum Gasteiger partial charge on any atom is 0.259 e. The van der Waals surface area contributed by atoms with Gasteiger partial charge in [-0.15, -0.1) is 0 Å². The molecule has 2 aromatic carbocycles. The van der Waals surface area contributed by atoms with Crippen LogP contribution in [0.3, 0.4) is 0 Å². The predicted octanol–water partition coefficient (Wildman–Crippen LogP) is 2.98. The van der Waals surface area contributed by atoms with Gasteiger partial charge in [-0.3, -0.25) is 4.79 Å². The highest BCUT2D eigenvalue weighted by Gasteiger charge is 2.13. The van der Waals surface area contributed by atoms with Gasteiger partial charge in [-0.05, 0) is 44.5 Å². The number of carbonyl (C=O) groups is 1. The lowest BCUT2D eigenvalue weighted by Gasteiger charge is -2.08. The molecule has 0 saturated carbocycles. The quantitative estimate of drug-likeness (QED) is 0.649. The van der Waals surface area contributed by atoms with Crippen LogP contribution in [0.15, 0.2) is 41.5 Å². The second kappa shape index (κ2) is 7.25. The third kappa shape index (κ3) is 4.09. The summed E-state index contributed by atoms with van der Waals surface area (Å²) in [6.45, 7) is 6.28. The van der Waals surface area contributed by atoms with Crippen LogP contribution < -0.4 is 20.2 Å². The molecular formula is C19H21N3O3. The van der Waals surface area contributed by atoms with Crippen molar-refractivity contribution >= 4 is 17.3 Å². The molecule has 0 unspecified atom stereocenters. The maximum absolute atomic E-state index is 12.0. The average Bonchev–Trinajstić information content (AvgIpc) is 3.07. The molecule has 0 aliphatic carbocycles. The van der Waals surface area contributed by atoms with E-state index in [4.69, 9.17) is 9.47 Å². The molecule has 1 amide bonds. The standard InChI is InChI=1S/C19H21N3O3/c1-12-4-5-13(2)16(8-12)14(3)21-22-19(23)10-20-15-6-7-17-18(9-15)25-11-24-17/h4-9,20H,10-11H2,1-3H3,(H,22,23)/b21-14+. The van der Waals surface area contributed by atoms with Gasteiger partial charge in [-0.2, -0.15) is 5.10 Å². The van der Waals surface area contributed by atoms with Crippen LogP contribution in [0.4, 0.5) is 5.69 Å². The summed E-state index contributed by atoms with van der Waals surface area (Å²) in [6.07, 6.45) is 0. The molecule has 0 spiro atoms. The Kier molecular flexibility index (Phi) is 4.88. The van der Waals surface area contributed by atoms with E-state index >= 15 is 0 Å². The van der Waals surface area contributed by atoms with Crippen LogP contribution in [0.25, 0.3) is 0 Å². The first-order valence-corrected chi connectivity index (χ1v) is 8.07. The summed E-state index contributed by atoms with van der Waals surface area (Å²) >= 11 is 0. The highest BCUT2D eigenvalue weighted by molar-refractivity contribution is 6.00. The SMILES string of the molecule is C/C(=N\NC(=O)CNc1ccc2c(c1)OCO2)c1cc(C)ccc1C. The molecule has 25 heavy (non-hydrogen) atoms. The van der Waals surface area contributed by atoms with E-state index in [1.165, 1.54) is 0 Å². The summed E-state index contributed by atoms with van der Waals surface area (Å²) < 4.78 is 10.6. The van der Waals surface area contributed by atoms with E-state index in [2.05, 4.69) is 28.0 Å². The van der Waals surface area contributed by atoms with Gasteiger partial charge in [0.15, 0.2) is 11.5 Å². The van der Waals surface area contributed by atoms with E-state index in [0.717, 1.165) is 28.1 Å². The van der Waals surface area contributed by atoms with Gasteiger partial charge >= 0.3 is 0 Å². The summed E-state index contributed by atoms with van der Waals surface area (Å²) in [5.41, 5.74) is 7.46. The molecule has 0 fully saturated rings. The predicted molar refractivity (Wildman–Crippen MR) is 97.3 cm³/mol. The van der Waals surface area contributed by atoms with Crippen LogP contribution in [0.5, 0.6) is 11.5 Å². The lowest BCUT2D eigenvalue weighted by Crippen LogP contribution is -2.26. The number of carbonyl (C=O) groups excluding carboxylic acids is 1. The topological polar surface area (TPSA) is 72.0 Å². The van der Waals surface area contributed by atoms with Crippen LogP contribution in [0.2, 0.25) is 0 Å². The minimum absolute atomic E-state index is 0.114. The van der Waals surface area contributed by atoms with Crippen molar-refractivity contribution in [2.45, 2.75) is 20.8 Å². The number of aryl methyl sites for hydroxylation is 2. The van der Waals surface area contributed by atoms with Crippen LogP contribution in [-0.4, -0.2) is 25.0 Å². The zero-order valence-electron chi connectivity index (χ0n) is 14.6. The average molecular weight is 339 g/mol. The first kappa shape index (κ1) is 16.8. The second-order valence-electron chi connectivity index (χ2n) is 5.97. The number of rotatable bonds is 5. The molecule has 0 aromatic heterocycles. The van der Waals surface area contributed by atoms with Crippen LogP contribution in [0.1, 0.15) is 23.6 Å². The number of hydrazone groups is 1. The Balaban J connectivity index is 1.56. The number of nitrogens with zero attached hydrogens (tertiary/aromatic N) is 1. The van der Waals surface area contributed by atoms with Crippen LogP contribution >= 0.6 is 0 Å². The fourth-order valence-electron chi connectivity index (χ4n) is 2.56. The molecule has 0 radical (unpaired) electrons. The number of hydrogen-bond donors (Lipinski definition) is 2.